The molecular weight excluding hydrogens is 322 g/mol. The van der Waals surface area contributed by atoms with Crippen molar-refractivity contribution in [3.05, 3.63) is 48.7 Å². The molecule has 0 amide bonds. The van der Waals surface area contributed by atoms with E-state index in [4.69, 9.17) is 32.4 Å². The van der Waals surface area contributed by atoms with E-state index in [1.54, 1.807) is 36.4 Å². The molecule has 0 unspecified atom stereocenters. The van der Waals surface area contributed by atoms with Crippen LogP contribution >= 0.6 is 0 Å². The second kappa shape index (κ2) is 6.36. The number of benzene rings is 2. The molecule has 0 aliphatic heterocycles. The molecule has 8 heteroatoms. The summed E-state index contributed by atoms with van der Waals surface area (Å²) in [5, 5.41) is 10.1. The molecule has 9 N–H and O–H groups in total. The third-order valence-electron chi connectivity index (χ3n) is 3.35. The van der Waals surface area contributed by atoms with Crippen LogP contribution in [0.3, 0.4) is 0 Å². The van der Waals surface area contributed by atoms with Crippen LogP contribution in [-0.4, -0.2) is 10.1 Å². The third-order valence-corrected chi connectivity index (χ3v) is 3.35. The summed E-state index contributed by atoms with van der Waals surface area (Å²) >= 11 is 0. The predicted molar refractivity (Wildman–Crippen MR) is 96.6 cm³/mol. The molecule has 0 fully saturated rings. The minimum absolute atomic E-state index is 0.00445. The second-order valence-electron chi connectivity index (χ2n) is 5.26. The van der Waals surface area contributed by atoms with Crippen LogP contribution in [0.25, 0.3) is 0 Å². The smallest absolute Gasteiger partial charge is 0.259 e. The van der Waals surface area contributed by atoms with Crippen LogP contribution in [0.2, 0.25) is 0 Å². The minimum atomic E-state index is -0.359. The Morgan fingerprint density at radius 1 is 0.720 bits per heavy atom. The van der Waals surface area contributed by atoms with Crippen LogP contribution in [-0.2, 0) is 0 Å². The monoisotopic (exact) mass is 339 g/mol. The number of pyridine rings is 1. The number of aromatic nitrogens is 1. The molecule has 0 saturated heterocycles. The molecule has 25 heavy (non-hydrogen) atoms. The van der Waals surface area contributed by atoms with Gasteiger partial charge >= 0.3 is 0 Å². The molecular formula is C17H17N5O3. The van der Waals surface area contributed by atoms with Gasteiger partial charge in [-0.15, -0.1) is 0 Å². The maximum atomic E-state index is 10.1. The topological polar surface area (TPSA) is 156 Å². The average Bonchev–Trinajstić information content (AvgIpc) is 2.55. The van der Waals surface area contributed by atoms with E-state index in [1.165, 1.54) is 12.3 Å². The molecule has 0 atom stereocenters. The number of ether oxygens (including phenoxy) is 2. The number of anilines is 4. The summed E-state index contributed by atoms with van der Waals surface area (Å²) in [6.45, 7) is 0. The Kier molecular flexibility index (Phi) is 4.09. The van der Waals surface area contributed by atoms with Gasteiger partial charge < -0.3 is 37.5 Å². The Morgan fingerprint density at radius 3 is 1.84 bits per heavy atom. The number of rotatable bonds is 4. The Balaban J connectivity index is 1.97. The van der Waals surface area contributed by atoms with Gasteiger partial charge in [0.2, 0.25) is 5.75 Å². The summed E-state index contributed by atoms with van der Waals surface area (Å²) in [6, 6.07) is 11.1. The van der Waals surface area contributed by atoms with Crippen molar-refractivity contribution in [3.8, 4) is 28.9 Å². The fraction of sp³-hybridized carbons (Fsp3) is 0. The Morgan fingerprint density at radius 2 is 1.28 bits per heavy atom. The lowest BCUT2D eigenvalue weighted by Gasteiger charge is -2.15. The molecule has 8 nitrogen and oxygen atoms in total. The van der Waals surface area contributed by atoms with Crippen LogP contribution in [0.1, 0.15) is 0 Å². The highest BCUT2D eigenvalue weighted by molar-refractivity contribution is 5.64. The van der Waals surface area contributed by atoms with Gasteiger partial charge in [-0.1, -0.05) is 0 Å². The zero-order chi connectivity index (χ0) is 18.0. The lowest BCUT2D eigenvalue weighted by Crippen LogP contribution is -1.98. The highest BCUT2D eigenvalue weighted by Gasteiger charge is 2.16. The molecule has 0 radical (unpaired) electrons. The van der Waals surface area contributed by atoms with Gasteiger partial charge in [0.1, 0.15) is 0 Å². The first-order valence-corrected chi connectivity index (χ1v) is 7.27. The molecule has 0 aliphatic rings. The third kappa shape index (κ3) is 3.42. The maximum Gasteiger partial charge on any atom is 0.259 e. The minimum Gasteiger partial charge on any atom is -0.491 e. The first kappa shape index (κ1) is 16.1. The Hall–Kier alpha value is -3.81. The first-order chi connectivity index (χ1) is 11.9. The highest BCUT2D eigenvalue weighted by Crippen LogP contribution is 2.42. The van der Waals surface area contributed by atoms with Crippen LogP contribution in [0.4, 0.5) is 22.7 Å². The summed E-state index contributed by atoms with van der Waals surface area (Å²) in [6.07, 6.45) is 1.37. The van der Waals surface area contributed by atoms with Crippen molar-refractivity contribution < 1.29 is 14.6 Å². The number of nitrogen functional groups attached to an aromatic ring is 4. The number of nitrogens with two attached hydrogens (primary N) is 4. The molecule has 1 aromatic heterocycles. The van der Waals surface area contributed by atoms with Crippen molar-refractivity contribution in [1.82, 2.24) is 4.98 Å². The van der Waals surface area contributed by atoms with Gasteiger partial charge in [0.15, 0.2) is 17.2 Å². The van der Waals surface area contributed by atoms with Gasteiger partial charge in [-0.2, -0.15) is 0 Å². The standard InChI is InChI=1S/C17H17N5O3/c18-9-1-3-13(11(20)7-9)24-15-5-6-22-17(23)16(15)25-14-4-2-10(19)8-12(14)21/h1-8H,18-21H2,(H,22,23). The predicted octanol–water partition coefficient (Wildman–Crippen LogP) is 2.70. The van der Waals surface area contributed by atoms with Gasteiger partial charge in [0, 0.05) is 23.6 Å². The summed E-state index contributed by atoms with van der Waals surface area (Å²) in [5.41, 5.74) is 24.8. The molecule has 2 aromatic carbocycles. The van der Waals surface area contributed by atoms with Crippen molar-refractivity contribution in [3.63, 3.8) is 0 Å². The van der Waals surface area contributed by atoms with E-state index < -0.39 is 0 Å². The lowest BCUT2D eigenvalue weighted by atomic mass is 10.2. The van der Waals surface area contributed by atoms with Crippen LogP contribution in [0, 0.1) is 0 Å². The molecule has 128 valence electrons. The van der Waals surface area contributed by atoms with Crippen LogP contribution < -0.4 is 32.4 Å². The fourth-order valence-corrected chi connectivity index (χ4v) is 2.14. The van der Waals surface area contributed by atoms with Crippen LogP contribution in [0.15, 0.2) is 48.7 Å². The zero-order valence-corrected chi connectivity index (χ0v) is 13.1. The lowest BCUT2D eigenvalue weighted by molar-refractivity contribution is 0.371. The fourth-order valence-electron chi connectivity index (χ4n) is 2.14. The summed E-state index contributed by atoms with van der Waals surface area (Å²) in [4.78, 5) is 3.80. The molecule has 3 rings (SSSR count). The molecule has 1 heterocycles. The molecule has 0 saturated carbocycles. The molecule has 3 aromatic rings. The van der Waals surface area contributed by atoms with Crippen LogP contribution in [0.5, 0.6) is 28.9 Å². The van der Waals surface area contributed by atoms with Crippen molar-refractivity contribution >= 4 is 22.7 Å². The second-order valence-corrected chi connectivity index (χ2v) is 5.26. The van der Waals surface area contributed by atoms with E-state index in [1.807, 2.05) is 0 Å². The van der Waals surface area contributed by atoms with E-state index in [0.717, 1.165) is 0 Å². The quantitative estimate of drug-likeness (QED) is 0.454. The SMILES string of the molecule is Nc1ccc(Oc2ccnc(O)c2Oc2ccc(N)cc2N)c(N)c1. The van der Waals surface area contributed by atoms with Gasteiger partial charge in [0.25, 0.3) is 5.88 Å². The normalized spacial score (nSPS) is 10.4. The van der Waals surface area contributed by atoms with Crippen molar-refractivity contribution in [2.75, 3.05) is 22.9 Å². The van der Waals surface area contributed by atoms with E-state index in [0.29, 0.717) is 34.2 Å². The Labute approximate surface area is 143 Å². The molecule has 0 bridgehead atoms. The number of hydrogen-bond donors (Lipinski definition) is 5. The summed E-state index contributed by atoms with van der Waals surface area (Å²) in [5.74, 6) is 0.501. The van der Waals surface area contributed by atoms with Gasteiger partial charge in [0.05, 0.1) is 11.4 Å². The van der Waals surface area contributed by atoms with Crippen molar-refractivity contribution in [1.29, 1.82) is 0 Å². The first-order valence-electron chi connectivity index (χ1n) is 7.27. The van der Waals surface area contributed by atoms with E-state index >= 15 is 0 Å². The molecule has 0 spiro atoms. The Bertz CT molecular complexity index is 930. The number of hydrogen-bond acceptors (Lipinski definition) is 8. The molecule has 0 aliphatic carbocycles. The van der Waals surface area contributed by atoms with Gasteiger partial charge in [-0.05, 0) is 36.4 Å². The van der Waals surface area contributed by atoms with Gasteiger partial charge in [-0.3, -0.25) is 0 Å². The number of aromatic hydroxyl groups is 1. The van der Waals surface area contributed by atoms with E-state index in [9.17, 15) is 5.11 Å². The average molecular weight is 339 g/mol. The van der Waals surface area contributed by atoms with E-state index in [2.05, 4.69) is 4.98 Å². The maximum absolute atomic E-state index is 10.1. The zero-order valence-electron chi connectivity index (χ0n) is 13.1. The summed E-state index contributed by atoms with van der Waals surface area (Å²) < 4.78 is 11.4. The summed E-state index contributed by atoms with van der Waals surface area (Å²) in [7, 11) is 0. The largest absolute Gasteiger partial charge is 0.491 e. The van der Waals surface area contributed by atoms with Gasteiger partial charge in [-0.25, -0.2) is 4.98 Å². The number of nitrogens with zero attached hydrogens (tertiary/aromatic N) is 1. The van der Waals surface area contributed by atoms with Crippen molar-refractivity contribution in [2.24, 2.45) is 0 Å². The highest BCUT2D eigenvalue weighted by atomic mass is 16.5. The van der Waals surface area contributed by atoms with Crippen molar-refractivity contribution in [2.45, 2.75) is 0 Å². The van der Waals surface area contributed by atoms with E-state index in [-0.39, 0.29) is 17.4 Å².